The van der Waals surface area contributed by atoms with Crippen molar-refractivity contribution in [3.8, 4) is 0 Å². The number of hydrogen-bond acceptors (Lipinski definition) is 6. The first kappa shape index (κ1) is 35.7. The molecule has 0 aliphatic rings. The van der Waals surface area contributed by atoms with E-state index in [1.807, 2.05) is 36.4 Å². The number of nitrogens with two attached hydrogens (primary N) is 1. The monoisotopic (exact) mass is 637 g/mol. The third-order valence-corrected chi connectivity index (χ3v) is 9.10. The Morgan fingerprint density at radius 3 is 1.98 bits per heavy atom. The number of hydrogen-bond donors (Lipinski definition) is 3. The van der Waals surface area contributed by atoms with Crippen LogP contribution in [0.15, 0.2) is 89.8 Å². The molecule has 3 aromatic carbocycles. The Hall–Kier alpha value is -3.73. The Balaban J connectivity index is 2.14. The molecule has 0 aliphatic carbocycles. The maximum atomic E-state index is 14.0. The molecule has 0 bridgehead atoms. The molecule has 10 heteroatoms. The van der Waals surface area contributed by atoms with Gasteiger partial charge >= 0.3 is 6.09 Å². The summed E-state index contributed by atoms with van der Waals surface area (Å²) in [6.45, 7) is 10.7. The van der Waals surface area contributed by atoms with E-state index in [4.69, 9.17) is 10.5 Å². The molecule has 0 saturated heterocycles. The number of nitrogens with zero attached hydrogens (tertiary/aromatic N) is 1. The highest BCUT2D eigenvalue weighted by Gasteiger charge is 2.48. The molecule has 0 fully saturated rings. The van der Waals surface area contributed by atoms with E-state index in [2.05, 4.69) is 18.6 Å². The summed E-state index contributed by atoms with van der Waals surface area (Å²) in [5, 5.41) is 12.5. The molecule has 3 atom stereocenters. The van der Waals surface area contributed by atoms with Crippen molar-refractivity contribution >= 4 is 22.0 Å². The zero-order chi connectivity index (χ0) is 33.4. The maximum absolute atomic E-state index is 14.0. The van der Waals surface area contributed by atoms with Gasteiger partial charge in [0.15, 0.2) is 6.10 Å². The first-order valence-corrected chi connectivity index (χ1v) is 16.7. The Bertz CT molecular complexity index is 1520. The highest BCUT2D eigenvalue weighted by molar-refractivity contribution is 7.89. The summed E-state index contributed by atoms with van der Waals surface area (Å²) in [4.78, 5) is 27.3. The van der Waals surface area contributed by atoms with E-state index in [1.165, 1.54) is 6.07 Å². The van der Waals surface area contributed by atoms with Gasteiger partial charge in [-0.15, -0.1) is 0 Å². The number of nitrogens with one attached hydrogen (secondary N) is 1. The summed E-state index contributed by atoms with van der Waals surface area (Å²) >= 11 is 0. The molecule has 9 nitrogen and oxygen atoms in total. The molecule has 0 radical (unpaired) electrons. The number of rotatable bonds is 14. The van der Waals surface area contributed by atoms with E-state index in [9.17, 15) is 23.1 Å². The van der Waals surface area contributed by atoms with Gasteiger partial charge in [-0.3, -0.25) is 9.69 Å². The van der Waals surface area contributed by atoms with Gasteiger partial charge in [-0.05, 0) is 54.0 Å². The first-order valence-electron chi connectivity index (χ1n) is 15.2. The normalized spacial score (nSPS) is 14.8. The van der Waals surface area contributed by atoms with Gasteiger partial charge in [-0.1, -0.05) is 114 Å². The Morgan fingerprint density at radius 1 is 0.889 bits per heavy atom. The molecule has 0 spiro atoms. The van der Waals surface area contributed by atoms with Crippen LogP contribution >= 0.6 is 0 Å². The van der Waals surface area contributed by atoms with Gasteiger partial charge in [0, 0.05) is 11.3 Å². The minimum absolute atomic E-state index is 0.0492. The van der Waals surface area contributed by atoms with Gasteiger partial charge in [0.2, 0.25) is 15.9 Å². The van der Waals surface area contributed by atoms with Gasteiger partial charge < -0.3 is 15.6 Å². The topological polar surface area (TPSA) is 139 Å². The predicted octanol–water partition coefficient (Wildman–Crippen LogP) is 5.62. The molecule has 0 aliphatic heterocycles. The van der Waals surface area contributed by atoms with Crippen molar-refractivity contribution in [3.63, 3.8) is 0 Å². The third kappa shape index (κ3) is 9.88. The third-order valence-electron chi connectivity index (χ3n) is 7.65. The van der Waals surface area contributed by atoms with E-state index < -0.39 is 45.3 Å². The largest absolute Gasteiger partial charge is 0.435 e. The molecule has 3 aromatic rings. The number of benzene rings is 3. The number of primary amides is 1. The minimum atomic E-state index is -4.40. The summed E-state index contributed by atoms with van der Waals surface area (Å²) in [5.41, 5.74) is 7.00. The van der Waals surface area contributed by atoms with Crippen molar-refractivity contribution < 1.29 is 27.9 Å². The second kappa shape index (κ2) is 15.0. The summed E-state index contributed by atoms with van der Waals surface area (Å²) in [7, 11) is -4.40. The summed E-state index contributed by atoms with van der Waals surface area (Å²) in [6.07, 6.45) is -0.699. The number of aliphatic hydroxyl groups is 1. The van der Waals surface area contributed by atoms with Crippen LogP contribution in [-0.2, 0) is 38.9 Å². The maximum Gasteiger partial charge on any atom is 0.414 e. The summed E-state index contributed by atoms with van der Waals surface area (Å²) in [6, 6.07) is 24.6. The number of sulfonamides is 1. The molecule has 1 unspecified atom stereocenters. The van der Waals surface area contributed by atoms with Gasteiger partial charge in [-0.25, -0.2) is 13.2 Å². The van der Waals surface area contributed by atoms with Gasteiger partial charge in [0.1, 0.15) is 0 Å². The van der Waals surface area contributed by atoms with Crippen molar-refractivity contribution in [1.82, 2.24) is 9.62 Å². The Morgan fingerprint density at radius 2 is 1.44 bits per heavy atom. The standard InChI is InChI=1S/C35H47N3O6S/c1-25(2)20-21-28-18-13-19-30(23-28)45(42,43)37-35(41,26(3)22-27-14-9-7-10-15-27)38(24-29-16-11-8-12-17-29)33(40)44-31(32(36)39)34(4,5)6/h7-19,23,25-26,31,37,41H,20-22,24H2,1-6H3,(H2,36,39)/t26-,31?,35-/m1/s1. The zero-order valence-corrected chi connectivity index (χ0v) is 27.9. The van der Waals surface area contributed by atoms with E-state index in [0.29, 0.717) is 17.9 Å². The smallest absolute Gasteiger partial charge is 0.414 e. The van der Waals surface area contributed by atoms with Crippen molar-refractivity contribution in [2.45, 2.75) is 84.2 Å². The molecular weight excluding hydrogens is 590 g/mol. The van der Waals surface area contributed by atoms with Crippen molar-refractivity contribution in [2.75, 3.05) is 0 Å². The summed E-state index contributed by atoms with van der Waals surface area (Å²) in [5.74, 6) is -3.83. The molecule has 45 heavy (non-hydrogen) atoms. The lowest BCUT2D eigenvalue weighted by molar-refractivity contribution is -0.156. The molecule has 0 heterocycles. The van der Waals surface area contributed by atoms with Crippen LogP contribution in [0.2, 0.25) is 0 Å². The molecule has 244 valence electrons. The fraction of sp³-hybridized carbons (Fsp3) is 0.429. The van der Waals surface area contributed by atoms with Crippen molar-refractivity contribution in [1.29, 1.82) is 0 Å². The fourth-order valence-electron chi connectivity index (χ4n) is 5.03. The fourth-order valence-corrected chi connectivity index (χ4v) is 6.42. The average Bonchev–Trinajstić information content (AvgIpc) is 2.97. The number of carbonyl (C=O) groups is 2. The first-order chi connectivity index (χ1) is 21.0. The lowest BCUT2D eigenvalue weighted by Gasteiger charge is -2.44. The second-order valence-corrected chi connectivity index (χ2v) is 14.8. The minimum Gasteiger partial charge on any atom is -0.435 e. The van der Waals surface area contributed by atoms with Crippen LogP contribution in [0.3, 0.4) is 0 Å². The number of aryl methyl sites for hydroxylation is 1. The highest BCUT2D eigenvalue weighted by atomic mass is 32.2. The van der Waals surface area contributed by atoms with Crippen molar-refractivity contribution in [2.24, 2.45) is 23.0 Å². The SMILES string of the molecule is CC(C)CCc1cccc(S(=O)(=O)N[C@](O)([C@H](C)Cc2ccccc2)N(Cc2ccccc2)C(=O)OC(C(N)=O)C(C)(C)C)c1. The van der Waals surface area contributed by atoms with Crippen LogP contribution in [0.4, 0.5) is 4.79 Å². The Kier molecular flexibility index (Phi) is 11.9. The second-order valence-electron chi connectivity index (χ2n) is 13.1. The van der Waals surface area contributed by atoms with Crippen molar-refractivity contribution in [3.05, 3.63) is 102 Å². The van der Waals surface area contributed by atoms with Gasteiger partial charge in [-0.2, -0.15) is 4.72 Å². The van der Waals surface area contributed by atoms with Gasteiger partial charge in [0.05, 0.1) is 11.4 Å². The number of carbonyl (C=O) groups excluding carboxylic acids is 2. The number of amides is 2. The summed E-state index contributed by atoms with van der Waals surface area (Å²) < 4.78 is 36.2. The van der Waals surface area contributed by atoms with E-state index in [1.54, 1.807) is 70.2 Å². The van der Waals surface area contributed by atoms with Crippen LogP contribution in [-0.4, -0.2) is 42.4 Å². The molecule has 0 saturated carbocycles. The molecular formula is C35H47N3O6S. The van der Waals surface area contributed by atoms with E-state index in [-0.39, 0.29) is 17.9 Å². The lowest BCUT2D eigenvalue weighted by atomic mass is 9.88. The molecule has 3 rings (SSSR count). The van der Waals surface area contributed by atoms with Crippen LogP contribution < -0.4 is 10.5 Å². The quantitative estimate of drug-likeness (QED) is 0.196. The van der Waals surface area contributed by atoms with E-state index >= 15 is 0 Å². The van der Waals surface area contributed by atoms with Gasteiger partial charge in [0.25, 0.3) is 5.91 Å². The van der Waals surface area contributed by atoms with Crippen LogP contribution in [0, 0.1) is 17.3 Å². The number of ether oxygens (including phenoxy) is 1. The van der Waals surface area contributed by atoms with Crippen LogP contribution in [0.1, 0.15) is 64.7 Å². The Labute approximate surface area is 267 Å². The average molecular weight is 638 g/mol. The zero-order valence-electron chi connectivity index (χ0n) is 27.1. The predicted molar refractivity (Wildman–Crippen MR) is 175 cm³/mol. The van der Waals surface area contributed by atoms with Crippen LogP contribution in [0.25, 0.3) is 0 Å². The van der Waals surface area contributed by atoms with E-state index in [0.717, 1.165) is 22.4 Å². The lowest BCUT2D eigenvalue weighted by Crippen LogP contribution is -2.66. The highest BCUT2D eigenvalue weighted by Crippen LogP contribution is 2.31. The molecule has 2 amide bonds. The molecule has 4 N–H and O–H groups in total. The van der Waals surface area contributed by atoms with Crippen LogP contribution in [0.5, 0.6) is 0 Å². The molecule has 0 aromatic heterocycles.